The van der Waals surface area contributed by atoms with Gasteiger partial charge in [0.25, 0.3) is 0 Å². The highest BCUT2D eigenvalue weighted by molar-refractivity contribution is 5.90. The molecule has 2 aliphatic rings. The Morgan fingerprint density at radius 1 is 1.24 bits per heavy atom. The molecule has 0 spiro atoms. The van der Waals surface area contributed by atoms with Crippen molar-refractivity contribution in [3.63, 3.8) is 0 Å². The van der Waals surface area contributed by atoms with Gasteiger partial charge in [0.2, 0.25) is 0 Å². The van der Waals surface area contributed by atoms with E-state index in [4.69, 9.17) is 15.6 Å². The van der Waals surface area contributed by atoms with Crippen LogP contribution in [0.15, 0.2) is 24.4 Å². The Kier molecular flexibility index (Phi) is 4.52. The highest BCUT2D eigenvalue weighted by Gasteiger charge is 2.41. The predicted octanol–water partition coefficient (Wildman–Crippen LogP) is 4.07. The van der Waals surface area contributed by atoms with Gasteiger partial charge in [0, 0.05) is 31.3 Å². The number of hydrogen-bond donors (Lipinski definition) is 1. The lowest BCUT2D eigenvalue weighted by atomic mass is 9.87. The molecule has 1 aromatic carbocycles. The number of nitrogen functional groups attached to an aromatic ring is 1. The number of anilines is 2. The van der Waals surface area contributed by atoms with Crippen LogP contribution in [-0.2, 0) is 4.74 Å². The number of carbonyl (C=O) groups excluding carboxylic acids is 1. The Hall–Kier alpha value is -2.70. The molecule has 1 unspecified atom stereocenters. The van der Waals surface area contributed by atoms with Crippen molar-refractivity contribution in [2.45, 2.75) is 52.3 Å². The number of aromatic nitrogens is 2. The first kappa shape index (κ1) is 19.6. The van der Waals surface area contributed by atoms with Gasteiger partial charge in [-0.3, -0.25) is 4.68 Å². The van der Waals surface area contributed by atoms with Gasteiger partial charge in [-0.2, -0.15) is 5.10 Å². The summed E-state index contributed by atoms with van der Waals surface area (Å²) >= 11 is 0. The molecule has 29 heavy (non-hydrogen) atoms. The Bertz CT molecular complexity index is 937. The number of hydrogen-bond acceptors (Lipinski definition) is 5. The average Bonchev–Trinajstić information content (AvgIpc) is 2.96. The molecule has 7 heteroatoms. The standard InChI is InChI=1S/C22H31N5O2/c1-13(2)18-20-16(15-8-7-9-17(23)19(15)25(18)6)10-24-27(20)14-11-26(12-14)21(28)29-22(3,4)5/h7-10,13-14,18H,11-12,23H2,1-6H3. The fraction of sp³-hybridized carbons (Fsp3) is 0.545. The summed E-state index contributed by atoms with van der Waals surface area (Å²) in [6, 6.07) is 6.38. The molecule has 2 N–H and O–H groups in total. The van der Waals surface area contributed by atoms with E-state index in [2.05, 4.69) is 36.5 Å². The lowest BCUT2D eigenvalue weighted by Gasteiger charge is -2.44. The number of ether oxygens (including phenoxy) is 1. The molecule has 2 aliphatic heterocycles. The maximum Gasteiger partial charge on any atom is 0.410 e. The van der Waals surface area contributed by atoms with Crippen LogP contribution in [0.25, 0.3) is 11.1 Å². The Morgan fingerprint density at radius 2 is 1.93 bits per heavy atom. The van der Waals surface area contributed by atoms with Crippen LogP contribution in [-0.4, -0.2) is 46.5 Å². The van der Waals surface area contributed by atoms with Crippen molar-refractivity contribution in [1.82, 2.24) is 14.7 Å². The molecule has 7 nitrogen and oxygen atoms in total. The van der Waals surface area contributed by atoms with Crippen LogP contribution in [0.1, 0.15) is 52.4 Å². The number of para-hydroxylation sites is 1. The normalized spacial score (nSPS) is 19.1. The lowest BCUT2D eigenvalue weighted by Crippen LogP contribution is -2.53. The van der Waals surface area contributed by atoms with Crippen molar-refractivity contribution in [3.05, 3.63) is 30.1 Å². The number of amides is 1. The minimum absolute atomic E-state index is 0.156. The van der Waals surface area contributed by atoms with Crippen molar-refractivity contribution in [1.29, 1.82) is 0 Å². The highest BCUT2D eigenvalue weighted by Crippen LogP contribution is 2.49. The average molecular weight is 398 g/mol. The molecule has 156 valence electrons. The predicted molar refractivity (Wildman–Crippen MR) is 115 cm³/mol. The third-order valence-corrected chi connectivity index (χ3v) is 5.73. The Balaban J connectivity index is 1.66. The molecule has 0 saturated carbocycles. The van der Waals surface area contributed by atoms with Crippen molar-refractivity contribution in [2.24, 2.45) is 5.92 Å². The SMILES string of the molecule is CC(C)C1c2c(cnn2C2CN(C(=O)OC(C)(C)C)C2)-c2cccc(N)c2N1C. The summed E-state index contributed by atoms with van der Waals surface area (Å²) in [6.07, 6.45) is 1.69. The molecule has 2 aromatic rings. The zero-order chi connectivity index (χ0) is 21.1. The number of carbonyl (C=O) groups is 1. The molecular formula is C22H31N5O2. The van der Waals surface area contributed by atoms with Crippen LogP contribution < -0.4 is 10.6 Å². The smallest absolute Gasteiger partial charge is 0.410 e. The summed E-state index contributed by atoms with van der Waals surface area (Å²) < 4.78 is 7.61. The van der Waals surface area contributed by atoms with E-state index in [9.17, 15) is 4.79 Å². The van der Waals surface area contributed by atoms with Crippen LogP contribution >= 0.6 is 0 Å². The lowest BCUT2D eigenvalue weighted by molar-refractivity contribution is -0.000974. The van der Waals surface area contributed by atoms with Gasteiger partial charge >= 0.3 is 6.09 Å². The van der Waals surface area contributed by atoms with Crippen molar-refractivity contribution in [2.75, 3.05) is 30.8 Å². The van der Waals surface area contributed by atoms with Gasteiger partial charge in [-0.15, -0.1) is 0 Å². The second kappa shape index (κ2) is 6.68. The number of nitrogens with two attached hydrogens (primary N) is 1. The molecule has 3 heterocycles. The number of nitrogens with zero attached hydrogens (tertiary/aromatic N) is 4. The van der Waals surface area contributed by atoms with Crippen LogP contribution in [0, 0.1) is 5.92 Å². The third-order valence-electron chi connectivity index (χ3n) is 5.73. The Labute approximate surface area is 172 Å². The first-order valence-corrected chi connectivity index (χ1v) is 10.3. The monoisotopic (exact) mass is 397 g/mol. The third kappa shape index (κ3) is 3.22. The number of benzene rings is 1. The maximum atomic E-state index is 12.3. The second-order valence-corrected chi connectivity index (χ2v) is 9.47. The molecule has 0 bridgehead atoms. The van der Waals surface area contributed by atoms with Crippen molar-refractivity contribution >= 4 is 17.5 Å². The van der Waals surface area contributed by atoms with E-state index in [0.29, 0.717) is 19.0 Å². The minimum atomic E-state index is -0.484. The molecule has 4 rings (SSSR count). The number of fused-ring (bicyclic) bond motifs is 3. The van der Waals surface area contributed by atoms with E-state index < -0.39 is 5.60 Å². The van der Waals surface area contributed by atoms with Crippen LogP contribution in [0.5, 0.6) is 0 Å². The quantitative estimate of drug-likeness (QED) is 0.773. The summed E-state index contributed by atoms with van der Waals surface area (Å²) in [7, 11) is 2.11. The van der Waals surface area contributed by atoms with E-state index in [1.807, 2.05) is 39.1 Å². The van der Waals surface area contributed by atoms with Gasteiger partial charge in [0.05, 0.1) is 35.3 Å². The van der Waals surface area contributed by atoms with Gasteiger partial charge in [-0.05, 0) is 32.8 Å². The number of rotatable bonds is 2. The van der Waals surface area contributed by atoms with Crippen LogP contribution in [0.3, 0.4) is 0 Å². The fourth-order valence-electron chi connectivity index (χ4n) is 4.51. The van der Waals surface area contributed by atoms with Crippen LogP contribution in [0.2, 0.25) is 0 Å². The van der Waals surface area contributed by atoms with Gasteiger partial charge < -0.3 is 20.3 Å². The largest absolute Gasteiger partial charge is 0.444 e. The van der Waals surface area contributed by atoms with E-state index >= 15 is 0 Å². The topological polar surface area (TPSA) is 76.6 Å². The summed E-state index contributed by atoms with van der Waals surface area (Å²) in [6.45, 7) is 11.3. The maximum absolute atomic E-state index is 12.3. The molecular weight excluding hydrogens is 366 g/mol. The minimum Gasteiger partial charge on any atom is -0.444 e. The molecule has 1 atom stereocenters. The van der Waals surface area contributed by atoms with Crippen LogP contribution in [0.4, 0.5) is 16.2 Å². The van der Waals surface area contributed by atoms with E-state index in [-0.39, 0.29) is 18.2 Å². The van der Waals surface area contributed by atoms with Crippen molar-refractivity contribution < 1.29 is 9.53 Å². The first-order valence-electron chi connectivity index (χ1n) is 10.3. The zero-order valence-electron chi connectivity index (χ0n) is 18.1. The first-order chi connectivity index (χ1) is 13.6. The van der Waals surface area contributed by atoms with E-state index in [1.54, 1.807) is 4.90 Å². The van der Waals surface area contributed by atoms with Gasteiger partial charge in [-0.25, -0.2) is 4.79 Å². The molecule has 0 radical (unpaired) electrons. The molecule has 1 amide bonds. The summed E-state index contributed by atoms with van der Waals surface area (Å²) in [5.74, 6) is 0.379. The summed E-state index contributed by atoms with van der Waals surface area (Å²) in [5.41, 5.74) is 11.2. The molecule has 0 aliphatic carbocycles. The van der Waals surface area contributed by atoms with Gasteiger partial charge in [0.15, 0.2) is 0 Å². The number of likely N-dealkylation sites (tertiary alicyclic amines) is 1. The van der Waals surface area contributed by atoms with Gasteiger partial charge in [0.1, 0.15) is 5.60 Å². The zero-order valence-corrected chi connectivity index (χ0v) is 18.1. The van der Waals surface area contributed by atoms with E-state index in [1.165, 1.54) is 5.69 Å². The van der Waals surface area contributed by atoms with E-state index in [0.717, 1.165) is 22.5 Å². The molecule has 1 aromatic heterocycles. The molecule has 1 fully saturated rings. The van der Waals surface area contributed by atoms with Gasteiger partial charge in [-0.1, -0.05) is 26.0 Å². The highest BCUT2D eigenvalue weighted by atomic mass is 16.6. The van der Waals surface area contributed by atoms with Crippen molar-refractivity contribution in [3.8, 4) is 11.1 Å². The summed E-state index contributed by atoms with van der Waals surface area (Å²) in [4.78, 5) is 16.3. The summed E-state index contributed by atoms with van der Waals surface area (Å²) in [5, 5.41) is 4.75. The molecule has 1 saturated heterocycles. The second-order valence-electron chi connectivity index (χ2n) is 9.47. The fourth-order valence-corrected chi connectivity index (χ4v) is 4.51. The Morgan fingerprint density at radius 3 is 2.55 bits per heavy atom.